The van der Waals surface area contributed by atoms with Crippen LogP contribution in [-0.2, 0) is 16.1 Å². The minimum absolute atomic E-state index is 0.222. The minimum atomic E-state index is -0.455. The molecule has 2 amide bonds. The van der Waals surface area contributed by atoms with E-state index in [4.69, 9.17) is 4.74 Å². The molecule has 31 heavy (non-hydrogen) atoms. The lowest BCUT2D eigenvalue weighted by Gasteiger charge is -2.20. The fourth-order valence-electron chi connectivity index (χ4n) is 2.97. The number of hydrogen-bond donors (Lipinski definition) is 1. The first-order valence-corrected chi connectivity index (χ1v) is 10.6. The molecule has 0 spiro atoms. The number of benzene rings is 2. The second-order valence-corrected chi connectivity index (χ2v) is 7.75. The Morgan fingerprint density at radius 1 is 1.10 bits per heavy atom. The zero-order valence-electron chi connectivity index (χ0n) is 17.5. The molecule has 0 fully saturated rings. The summed E-state index contributed by atoms with van der Waals surface area (Å²) in [5.74, 6) is -0.968. The van der Waals surface area contributed by atoms with Gasteiger partial charge in [0.05, 0.1) is 18.8 Å². The van der Waals surface area contributed by atoms with E-state index in [1.165, 1.54) is 11.8 Å². The highest BCUT2D eigenvalue weighted by molar-refractivity contribution is 7.17. The minimum Gasteiger partial charge on any atom is -0.462 e. The molecule has 3 rings (SSSR count). The Kier molecular flexibility index (Phi) is 7.15. The Bertz CT molecular complexity index is 1100. The Morgan fingerprint density at radius 2 is 1.84 bits per heavy atom. The van der Waals surface area contributed by atoms with Gasteiger partial charge in [-0.05, 0) is 37.6 Å². The number of anilines is 2. The van der Waals surface area contributed by atoms with Crippen molar-refractivity contribution in [3.05, 3.63) is 76.3 Å². The number of hydrogen-bond acceptors (Lipinski definition) is 6. The maximum Gasteiger partial charge on any atom is 0.350 e. The lowest BCUT2D eigenvalue weighted by atomic mass is 10.1. The zero-order chi connectivity index (χ0) is 22.4. The summed E-state index contributed by atoms with van der Waals surface area (Å²) in [6.07, 6.45) is 0. The van der Waals surface area contributed by atoms with Gasteiger partial charge in [-0.15, -0.1) is 0 Å². The van der Waals surface area contributed by atoms with Gasteiger partial charge in [0, 0.05) is 18.2 Å². The predicted octanol–water partition coefficient (Wildman–Crippen LogP) is 4.43. The van der Waals surface area contributed by atoms with Gasteiger partial charge in [0.2, 0.25) is 5.91 Å². The molecule has 2 aromatic carbocycles. The Hall–Kier alpha value is -3.52. The molecule has 0 aliphatic rings. The molecule has 0 saturated heterocycles. The normalized spacial score (nSPS) is 10.4. The van der Waals surface area contributed by atoms with Gasteiger partial charge < -0.3 is 10.1 Å². The second kappa shape index (κ2) is 9.99. The van der Waals surface area contributed by atoms with E-state index in [2.05, 4.69) is 10.3 Å². The van der Waals surface area contributed by atoms with Gasteiger partial charge in [-0.25, -0.2) is 9.78 Å². The summed E-state index contributed by atoms with van der Waals surface area (Å²) in [5, 5.41) is 3.09. The van der Waals surface area contributed by atoms with Crippen LogP contribution in [0.3, 0.4) is 0 Å². The van der Waals surface area contributed by atoms with E-state index in [-0.39, 0.29) is 25.0 Å². The van der Waals surface area contributed by atoms with Gasteiger partial charge in [-0.3, -0.25) is 14.5 Å². The lowest BCUT2D eigenvalue weighted by Crippen LogP contribution is -2.30. The monoisotopic (exact) mass is 437 g/mol. The van der Waals surface area contributed by atoms with E-state index in [9.17, 15) is 14.4 Å². The molecule has 0 radical (unpaired) electrons. The summed E-state index contributed by atoms with van der Waals surface area (Å²) < 4.78 is 5.11. The van der Waals surface area contributed by atoms with Crippen molar-refractivity contribution in [1.82, 2.24) is 4.98 Å². The van der Waals surface area contributed by atoms with Crippen LogP contribution in [0.15, 0.2) is 54.6 Å². The van der Waals surface area contributed by atoms with Crippen LogP contribution >= 0.6 is 11.3 Å². The number of carbonyl (C=O) groups is 3. The molecule has 0 atom stereocenters. The van der Waals surface area contributed by atoms with Crippen LogP contribution in [0.2, 0.25) is 0 Å². The summed E-state index contributed by atoms with van der Waals surface area (Å²) in [6, 6.07) is 16.2. The molecule has 1 N–H and O–H groups in total. The van der Waals surface area contributed by atoms with E-state index in [0.29, 0.717) is 27.0 Å². The maximum atomic E-state index is 13.5. The Labute approximate surface area is 184 Å². The van der Waals surface area contributed by atoms with Crippen molar-refractivity contribution in [2.75, 3.05) is 16.8 Å². The quantitative estimate of drug-likeness (QED) is 0.552. The average molecular weight is 438 g/mol. The molecule has 7 nitrogen and oxygen atoms in total. The molecule has 0 unspecified atom stereocenters. The topological polar surface area (TPSA) is 88.6 Å². The van der Waals surface area contributed by atoms with Crippen LogP contribution < -0.4 is 10.2 Å². The van der Waals surface area contributed by atoms with Gasteiger partial charge in [0.15, 0.2) is 5.13 Å². The number of rotatable bonds is 7. The lowest BCUT2D eigenvalue weighted by molar-refractivity contribution is -0.114. The number of thiazole rings is 1. The fraction of sp³-hybridized carbons (Fsp3) is 0.217. The summed E-state index contributed by atoms with van der Waals surface area (Å²) in [5.41, 5.74) is 2.35. The Balaban J connectivity index is 1.99. The van der Waals surface area contributed by atoms with Crippen LogP contribution in [0.5, 0.6) is 0 Å². The number of ether oxygens (including phenoxy) is 1. The first kappa shape index (κ1) is 22.2. The summed E-state index contributed by atoms with van der Waals surface area (Å²) in [4.78, 5) is 43.5. The third-order valence-corrected chi connectivity index (χ3v) is 5.50. The molecule has 0 saturated carbocycles. The second-order valence-electron chi connectivity index (χ2n) is 6.77. The third-order valence-electron chi connectivity index (χ3n) is 4.34. The first-order valence-electron chi connectivity index (χ1n) is 9.77. The van der Waals surface area contributed by atoms with Gasteiger partial charge in [-0.1, -0.05) is 47.7 Å². The maximum absolute atomic E-state index is 13.5. The largest absolute Gasteiger partial charge is 0.462 e. The molecule has 8 heteroatoms. The number of carbonyl (C=O) groups excluding carboxylic acids is 3. The number of esters is 1. The van der Waals surface area contributed by atoms with Gasteiger partial charge >= 0.3 is 5.97 Å². The molecule has 0 aliphatic carbocycles. The van der Waals surface area contributed by atoms with Gasteiger partial charge in [-0.2, -0.15) is 0 Å². The highest BCUT2D eigenvalue weighted by atomic mass is 32.1. The predicted molar refractivity (Wildman–Crippen MR) is 121 cm³/mol. The fourth-order valence-corrected chi connectivity index (χ4v) is 3.92. The Morgan fingerprint density at radius 3 is 2.52 bits per heavy atom. The molecular formula is C23H23N3O4S. The number of amides is 2. The highest BCUT2D eigenvalue weighted by Gasteiger charge is 2.25. The van der Waals surface area contributed by atoms with Crippen LogP contribution in [0, 0.1) is 6.92 Å². The number of aromatic nitrogens is 1. The smallest absolute Gasteiger partial charge is 0.350 e. The van der Waals surface area contributed by atoms with Crippen LogP contribution in [0.1, 0.15) is 45.1 Å². The summed E-state index contributed by atoms with van der Waals surface area (Å²) in [6.45, 7) is 5.40. The number of nitrogens with zero attached hydrogens (tertiary/aromatic N) is 2. The molecule has 1 heterocycles. The highest BCUT2D eigenvalue weighted by Crippen LogP contribution is 2.29. The van der Waals surface area contributed by atoms with E-state index < -0.39 is 5.97 Å². The zero-order valence-corrected chi connectivity index (χ0v) is 18.4. The van der Waals surface area contributed by atoms with Crippen LogP contribution in [0.25, 0.3) is 0 Å². The van der Waals surface area contributed by atoms with E-state index >= 15 is 0 Å². The van der Waals surface area contributed by atoms with E-state index in [1.807, 2.05) is 30.3 Å². The standard InChI is InChI=1S/C23H23N3O4S/c1-4-30-22(29)20-15(2)24-23(31-20)26(14-17-9-6-5-7-10-17)21(28)18-11-8-12-19(13-18)25-16(3)27/h5-13H,4,14H2,1-3H3,(H,25,27). The number of nitrogens with one attached hydrogen (secondary N) is 1. The molecule has 3 aromatic rings. The molecular weight excluding hydrogens is 414 g/mol. The van der Waals surface area contributed by atoms with E-state index in [1.54, 1.807) is 38.1 Å². The average Bonchev–Trinajstić information content (AvgIpc) is 3.13. The summed E-state index contributed by atoms with van der Waals surface area (Å²) in [7, 11) is 0. The van der Waals surface area contributed by atoms with Crippen LogP contribution in [0.4, 0.5) is 10.8 Å². The van der Waals surface area contributed by atoms with Crippen molar-refractivity contribution in [3.8, 4) is 0 Å². The van der Waals surface area contributed by atoms with Crippen molar-refractivity contribution in [1.29, 1.82) is 0 Å². The van der Waals surface area contributed by atoms with Crippen LogP contribution in [-0.4, -0.2) is 29.4 Å². The summed E-state index contributed by atoms with van der Waals surface area (Å²) >= 11 is 1.12. The van der Waals surface area contributed by atoms with Gasteiger partial charge in [0.25, 0.3) is 5.91 Å². The van der Waals surface area contributed by atoms with Crippen molar-refractivity contribution >= 4 is 39.9 Å². The first-order chi connectivity index (χ1) is 14.9. The number of aryl methyl sites for hydroxylation is 1. The van der Waals surface area contributed by atoms with E-state index in [0.717, 1.165) is 16.9 Å². The van der Waals surface area contributed by atoms with Crippen molar-refractivity contribution in [3.63, 3.8) is 0 Å². The van der Waals surface area contributed by atoms with Gasteiger partial charge in [0.1, 0.15) is 4.88 Å². The van der Waals surface area contributed by atoms with Crippen molar-refractivity contribution in [2.24, 2.45) is 0 Å². The molecule has 160 valence electrons. The molecule has 1 aromatic heterocycles. The molecule has 0 aliphatic heterocycles. The molecule has 0 bridgehead atoms. The SMILES string of the molecule is CCOC(=O)c1sc(N(Cc2ccccc2)C(=O)c2cccc(NC(C)=O)c2)nc1C. The third kappa shape index (κ3) is 5.55. The van der Waals surface area contributed by atoms with Crippen molar-refractivity contribution in [2.45, 2.75) is 27.3 Å². The van der Waals surface area contributed by atoms with Crippen molar-refractivity contribution < 1.29 is 19.1 Å².